The van der Waals surface area contributed by atoms with Crippen LogP contribution in [0.1, 0.15) is 16.7 Å². The molecule has 84 valence electrons. The molecule has 17 heavy (non-hydrogen) atoms. The van der Waals surface area contributed by atoms with Crippen molar-refractivity contribution in [3.05, 3.63) is 63.6 Å². The molecule has 2 aromatic rings. The lowest BCUT2D eigenvalue weighted by atomic mass is 9.96. The standard InChI is InChI=1S/C16H13Br/c1-11-14-9-5-8-13(14)10-15(16(11)17)12-6-3-2-4-7-12/h2-7,9-10H,8H2,1H3. The Balaban J connectivity index is 2.24. The summed E-state index contributed by atoms with van der Waals surface area (Å²) in [5.41, 5.74) is 6.74. The molecule has 0 aliphatic heterocycles. The fourth-order valence-corrected chi connectivity index (χ4v) is 2.97. The van der Waals surface area contributed by atoms with Gasteiger partial charge in [-0.3, -0.25) is 0 Å². The fraction of sp³-hybridized carbons (Fsp3) is 0.125. The van der Waals surface area contributed by atoms with Crippen LogP contribution in [0.2, 0.25) is 0 Å². The van der Waals surface area contributed by atoms with E-state index in [1.807, 2.05) is 0 Å². The molecule has 0 radical (unpaired) electrons. The Bertz CT molecular complexity index is 595. The third kappa shape index (κ3) is 1.75. The van der Waals surface area contributed by atoms with E-state index in [-0.39, 0.29) is 0 Å². The first-order valence-corrected chi connectivity index (χ1v) is 6.60. The lowest BCUT2D eigenvalue weighted by Gasteiger charge is -2.12. The van der Waals surface area contributed by atoms with Crippen molar-refractivity contribution in [1.82, 2.24) is 0 Å². The van der Waals surface area contributed by atoms with Gasteiger partial charge in [-0.05, 0) is 63.2 Å². The van der Waals surface area contributed by atoms with Gasteiger partial charge in [0, 0.05) is 4.47 Å². The van der Waals surface area contributed by atoms with Gasteiger partial charge in [0.15, 0.2) is 0 Å². The Kier molecular flexibility index (Phi) is 2.64. The molecule has 0 amide bonds. The number of rotatable bonds is 1. The Morgan fingerprint density at radius 1 is 1.12 bits per heavy atom. The van der Waals surface area contributed by atoms with Gasteiger partial charge in [-0.1, -0.05) is 42.5 Å². The van der Waals surface area contributed by atoms with Gasteiger partial charge in [0.1, 0.15) is 0 Å². The van der Waals surface area contributed by atoms with Crippen molar-refractivity contribution < 1.29 is 0 Å². The van der Waals surface area contributed by atoms with Crippen molar-refractivity contribution in [3.63, 3.8) is 0 Å². The van der Waals surface area contributed by atoms with Crippen LogP contribution in [0.3, 0.4) is 0 Å². The molecule has 1 aliphatic rings. The van der Waals surface area contributed by atoms with Gasteiger partial charge in [-0.25, -0.2) is 0 Å². The van der Waals surface area contributed by atoms with Crippen LogP contribution in [-0.2, 0) is 6.42 Å². The SMILES string of the molecule is Cc1c(Br)c(-c2ccccc2)cc2c1C=CC2. The molecule has 0 nitrogen and oxygen atoms in total. The molecule has 0 N–H and O–H groups in total. The van der Waals surface area contributed by atoms with Gasteiger partial charge in [0.25, 0.3) is 0 Å². The molecule has 0 unspecified atom stereocenters. The summed E-state index contributed by atoms with van der Waals surface area (Å²) in [5.74, 6) is 0. The van der Waals surface area contributed by atoms with Gasteiger partial charge in [-0.15, -0.1) is 0 Å². The van der Waals surface area contributed by atoms with Crippen LogP contribution in [0.15, 0.2) is 46.9 Å². The van der Waals surface area contributed by atoms with Crippen LogP contribution in [0, 0.1) is 6.92 Å². The van der Waals surface area contributed by atoms with E-state index in [0.29, 0.717) is 0 Å². The van der Waals surface area contributed by atoms with E-state index in [9.17, 15) is 0 Å². The van der Waals surface area contributed by atoms with E-state index in [1.54, 1.807) is 0 Å². The molecular weight excluding hydrogens is 272 g/mol. The molecule has 1 aliphatic carbocycles. The van der Waals surface area contributed by atoms with Crippen LogP contribution in [0.25, 0.3) is 17.2 Å². The minimum atomic E-state index is 1.06. The van der Waals surface area contributed by atoms with E-state index in [0.717, 1.165) is 6.42 Å². The van der Waals surface area contributed by atoms with Crippen molar-refractivity contribution in [2.24, 2.45) is 0 Å². The first-order valence-electron chi connectivity index (χ1n) is 5.81. The quantitative estimate of drug-likeness (QED) is 0.692. The fourth-order valence-electron chi connectivity index (χ4n) is 2.41. The minimum Gasteiger partial charge on any atom is -0.0795 e. The van der Waals surface area contributed by atoms with Gasteiger partial charge in [0.05, 0.1) is 0 Å². The molecule has 0 spiro atoms. The number of hydrogen-bond donors (Lipinski definition) is 0. The first kappa shape index (κ1) is 10.8. The summed E-state index contributed by atoms with van der Waals surface area (Å²) < 4.78 is 1.22. The number of benzene rings is 2. The average molecular weight is 285 g/mol. The summed E-state index contributed by atoms with van der Waals surface area (Å²) in [4.78, 5) is 0. The van der Waals surface area contributed by atoms with Crippen molar-refractivity contribution in [2.45, 2.75) is 13.3 Å². The van der Waals surface area contributed by atoms with Crippen LogP contribution in [0.4, 0.5) is 0 Å². The summed E-state index contributed by atoms with van der Waals surface area (Å²) in [7, 11) is 0. The van der Waals surface area contributed by atoms with Crippen LogP contribution in [0.5, 0.6) is 0 Å². The summed E-state index contributed by atoms with van der Waals surface area (Å²) in [6.45, 7) is 2.19. The van der Waals surface area contributed by atoms with Crippen LogP contribution >= 0.6 is 15.9 Å². The number of hydrogen-bond acceptors (Lipinski definition) is 0. The average Bonchev–Trinajstić information content (AvgIpc) is 2.83. The molecule has 3 rings (SSSR count). The molecule has 1 heteroatoms. The second-order valence-corrected chi connectivity index (χ2v) is 5.20. The van der Waals surface area contributed by atoms with Crippen molar-refractivity contribution in [1.29, 1.82) is 0 Å². The zero-order valence-corrected chi connectivity index (χ0v) is 11.3. The number of halogens is 1. The maximum Gasteiger partial charge on any atom is 0.0289 e. The third-order valence-electron chi connectivity index (χ3n) is 3.34. The highest BCUT2D eigenvalue weighted by atomic mass is 79.9. The predicted molar refractivity (Wildman–Crippen MR) is 77.1 cm³/mol. The molecule has 0 saturated heterocycles. The smallest absolute Gasteiger partial charge is 0.0289 e. The second kappa shape index (κ2) is 4.15. The molecular formula is C16H13Br. The van der Waals surface area contributed by atoms with Crippen molar-refractivity contribution in [2.75, 3.05) is 0 Å². The monoisotopic (exact) mass is 284 g/mol. The summed E-state index contributed by atoms with van der Waals surface area (Å²) in [6, 6.07) is 12.9. The molecule has 0 fully saturated rings. The number of fused-ring (bicyclic) bond motifs is 1. The Labute approximate surface area is 110 Å². The van der Waals surface area contributed by atoms with Crippen LogP contribution < -0.4 is 0 Å². The zero-order chi connectivity index (χ0) is 11.8. The Morgan fingerprint density at radius 3 is 2.65 bits per heavy atom. The lowest BCUT2D eigenvalue weighted by Crippen LogP contribution is -1.91. The van der Waals surface area contributed by atoms with Gasteiger partial charge in [-0.2, -0.15) is 0 Å². The predicted octanol–water partition coefficient (Wildman–Crippen LogP) is 4.99. The van der Waals surface area contributed by atoms with Crippen LogP contribution in [-0.4, -0.2) is 0 Å². The highest BCUT2D eigenvalue weighted by Crippen LogP contribution is 2.37. The third-order valence-corrected chi connectivity index (χ3v) is 4.36. The lowest BCUT2D eigenvalue weighted by molar-refractivity contribution is 1.27. The van der Waals surface area contributed by atoms with Crippen molar-refractivity contribution in [3.8, 4) is 11.1 Å². The van der Waals surface area contributed by atoms with E-state index in [4.69, 9.17) is 0 Å². The minimum absolute atomic E-state index is 1.06. The maximum atomic E-state index is 3.74. The Hall–Kier alpha value is -1.34. The highest BCUT2D eigenvalue weighted by molar-refractivity contribution is 9.10. The summed E-state index contributed by atoms with van der Waals surface area (Å²) >= 11 is 3.74. The second-order valence-electron chi connectivity index (χ2n) is 4.41. The van der Waals surface area contributed by atoms with E-state index < -0.39 is 0 Å². The molecule has 2 aromatic carbocycles. The van der Waals surface area contributed by atoms with E-state index in [1.165, 1.54) is 32.3 Å². The molecule has 0 bridgehead atoms. The molecule has 0 heterocycles. The first-order chi connectivity index (χ1) is 8.27. The maximum absolute atomic E-state index is 3.74. The van der Waals surface area contributed by atoms with E-state index in [2.05, 4.69) is 71.4 Å². The zero-order valence-electron chi connectivity index (χ0n) is 9.70. The van der Waals surface area contributed by atoms with Gasteiger partial charge >= 0.3 is 0 Å². The topological polar surface area (TPSA) is 0 Å². The highest BCUT2D eigenvalue weighted by Gasteiger charge is 2.14. The summed E-state index contributed by atoms with van der Waals surface area (Å²) in [5, 5.41) is 0. The molecule has 0 atom stereocenters. The number of allylic oxidation sites excluding steroid dienone is 1. The molecule has 0 saturated carbocycles. The largest absolute Gasteiger partial charge is 0.0795 e. The van der Waals surface area contributed by atoms with Gasteiger partial charge in [0.2, 0.25) is 0 Å². The Morgan fingerprint density at radius 2 is 1.88 bits per heavy atom. The normalized spacial score (nSPS) is 12.8. The van der Waals surface area contributed by atoms with Gasteiger partial charge < -0.3 is 0 Å². The van der Waals surface area contributed by atoms with E-state index >= 15 is 0 Å². The summed E-state index contributed by atoms with van der Waals surface area (Å²) in [6.07, 6.45) is 5.52. The van der Waals surface area contributed by atoms with Crippen molar-refractivity contribution >= 4 is 22.0 Å². The molecule has 0 aromatic heterocycles.